The van der Waals surface area contributed by atoms with Crippen molar-refractivity contribution in [3.8, 4) is 0 Å². The molecule has 0 aliphatic rings. The van der Waals surface area contributed by atoms with Gasteiger partial charge in [0.2, 0.25) is 17.7 Å². The molecule has 3 rings (SSSR count). The predicted octanol–water partition coefficient (Wildman–Crippen LogP) is 3.54. The minimum atomic E-state index is -1.21. The number of ether oxygens (including phenoxy) is 1. The van der Waals surface area contributed by atoms with Gasteiger partial charge in [0, 0.05) is 29.9 Å². The van der Waals surface area contributed by atoms with Gasteiger partial charge in [0.1, 0.15) is 24.7 Å². The summed E-state index contributed by atoms with van der Waals surface area (Å²) in [5, 5.41) is 7.45. The van der Waals surface area contributed by atoms with E-state index in [9.17, 15) is 24.0 Å². The van der Waals surface area contributed by atoms with Gasteiger partial charge in [0.25, 0.3) is 5.91 Å². The Bertz CT molecular complexity index is 1510. The molecular formula is C35H47N5O7. The molecule has 2 aromatic carbocycles. The Morgan fingerprint density at radius 3 is 2.15 bits per heavy atom. The molecule has 12 heteroatoms. The Balaban J connectivity index is 1.94. The number of esters is 1. The van der Waals surface area contributed by atoms with Crippen molar-refractivity contribution < 1.29 is 33.5 Å². The van der Waals surface area contributed by atoms with Crippen LogP contribution >= 0.6 is 0 Å². The van der Waals surface area contributed by atoms with Crippen LogP contribution in [0.3, 0.4) is 0 Å². The van der Waals surface area contributed by atoms with Crippen molar-refractivity contribution in [2.75, 3.05) is 7.11 Å². The largest absolute Gasteiger partial charge is 0.469 e. The van der Waals surface area contributed by atoms with Crippen molar-refractivity contribution in [3.05, 3.63) is 71.9 Å². The molecule has 4 amide bonds. The average molecular weight is 650 g/mol. The molecular weight excluding hydrogens is 602 g/mol. The molecule has 0 radical (unpaired) electrons. The number of amides is 4. The maximum Gasteiger partial charge on any atom is 0.306 e. The van der Waals surface area contributed by atoms with Crippen molar-refractivity contribution in [1.29, 1.82) is 0 Å². The van der Waals surface area contributed by atoms with Crippen LogP contribution in [0.25, 0.3) is 10.9 Å². The van der Waals surface area contributed by atoms with Crippen LogP contribution in [0.5, 0.6) is 0 Å². The van der Waals surface area contributed by atoms with Crippen LogP contribution in [0.4, 0.5) is 0 Å². The van der Waals surface area contributed by atoms with E-state index >= 15 is 0 Å². The number of nitrogens with two attached hydrogens (primary N) is 1. The van der Waals surface area contributed by atoms with E-state index < -0.39 is 47.7 Å². The van der Waals surface area contributed by atoms with Gasteiger partial charge in [-0.3, -0.25) is 28.8 Å². The number of hydrogen-bond donors (Lipinski definition) is 4. The summed E-state index contributed by atoms with van der Waals surface area (Å²) < 4.78 is 4.61. The number of fused-ring (bicyclic) bond motifs is 1. The Kier molecular flexibility index (Phi) is 14.0. The number of nitrogens with zero attached hydrogens (tertiary/aromatic N) is 1. The number of aromatic nitrogens is 1. The number of nitrogens with one attached hydrogen (secondary N) is 3. The fourth-order valence-electron chi connectivity index (χ4n) is 5.16. The van der Waals surface area contributed by atoms with Crippen molar-refractivity contribution in [3.63, 3.8) is 0 Å². The Morgan fingerprint density at radius 2 is 1.51 bits per heavy atom. The highest BCUT2D eigenvalue weighted by Gasteiger charge is 2.39. The molecule has 0 saturated heterocycles. The van der Waals surface area contributed by atoms with E-state index in [1.54, 1.807) is 6.20 Å². The number of hydrogen-bond acceptors (Lipinski definition) is 7. The molecule has 0 aliphatic heterocycles. The average Bonchev–Trinajstić information content (AvgIpc) is 3.50. The third kappa shape index (κ3) is 10.1. The van der Waals surface area contributed by atoms with E-state index in [1.165, 1.54) is 7.11 Å². The normalized spacial score (nSPS) is 14.3. The lowest BCUT2D eigenvalue weighted by Crippen LogP contribution is -2.60. The molecule has 47 heavy (non-hydrogen) atoms. The molecule has 5 atom stereocenters. The maximum atomic E-state index is 14.5. The highest BCUT2D eigenvalue weighted by Crippen LogP contribution is 2.23. The third-order valence-electron chi connectivity index (χ3n) is 8.50. The first kappa shape index (κ1) is 36.8. The van der Waals surface area contributed by atoms with Crippen LogP contribution in [-0.4, -0.2) is 64.9 Å². The first-order valence-electron chi connectivity index (χ1n) is 16.0. The molecule has 254 valence electrons. The Morgan fingerprint density at radius 1 is 0.872 bits per heavy atom. The fourth-order valence-corrected chi connectivity index (χ4v) is 5.16. The van der Waals surface area contributed by atoms with Crippen LogP contribution in [0.2, 0.25) is 0 Å². The summed E-state index contributed by atoms with van der Waals surface area (Å²) in [5.74, 6) is -3.71. The number of rotatable bonds is 18. The predicted molar refractivity (Wildman–Crippen MR) is 177 cm³/mol. The van der Waals surface area contributed by atoms with Gasteiger partial charge < -0.3 is 26.1 Å². The lowest BCUT2D eigenvalue weighted by molar-refractivity contribution is -0.209. The van der Waals surface area contributed by atoms with Crippen LogP contribution in [-0.2, 0) is 46.6 Å². The molecule has 0 spiro atoms. The zero-order valence-corrected chi connectivity index (χ0v) is 27.8. The standard InChI is InChI=1S/C35H47N5O7/c1-6-22(3)31(38-29(41)17-18-30(42)46-5)34(44)39-32(23(4)7-2)35(45)40(47-21-24-13-9-8-10-14-24)28(33(36)43)19-25-20-37-27-16-12-11-15-26(25)27/h8-16,20,22-23,28,31-32,37H,6-7,17-19,21H2,1-5H3,(H2,36,43)(H,38,41)(H,39,44)/t22-,23-,28-,31-,32-/m0/s1. The smallest absolute Gasteiger partial charge is 0.306 e. The molecule has 0 saturated carbocycles. The zero-order chi connectivity index (χ0) is 34.5. The highest BCUT2D eigenvalue weighted by atomic mass is 16.7. The highest BCUT2D eigenvalue weighted by molar-refractivity contribution is 5.94. The van der Waals surface area contributed by atoms with Gasteiger partial charge >= 0.3 is 5.97 Å². The minimum absolute atomic E-state index is 0.0306. The zero-order valence-electron chi connectivity index (χ0n) is 27.8. The summed E-state index contributed by atoms with van der Waals surface area (Å²) in [5.41, 5.74) is 8.33. The SMILES string of the molecule is CC[C@H](C)[C@H](NC(=O)CCC(=O)OC)C(=O)N[C@H](C(=O)N(OCc1ccccc1)[C@@H](Cc1c[nH]c2ccccc12)C(N)=O)[C@@H](C)CC. The number of hydroxylamine groups is 2. The topological polar surface area (TPSA) is 173 Å². The van der Waals surface area contributed by atoms with Crippen molar-refractivity contribution in [1.82, 2.24) is 20.7 Å². The van der Waals surface area contributed by atoms with Crippen molar-refractivity contribution >= 4 is 40.5 Å². The van der Waals surface area contributed by atoms with Crippen LogP contribution in [0.15, 0.2) is 60.8 Å². The van der Waals surface area contributed by atoms with Crippen LogP contribution in [0, 0.1) is 11.8 Å². The second-order valence-electron chi connectivity index (χ2n) is 11.8. The quantitative estimate of drug-likeness (QED) is 0.121. The van der Waals surface area contributed by atoms with Gasteiger partial charge in [-0.1, -0.05) is 89.1 Å². The van der Waals surface area contributed by atoms with E-state index in [2.05, 4.69) is 20.4 Å². The lowest BCUT2D eigenvalue weighted by atomic mass is 9.94. The molecule has 0 unspecified atom stereocenters. The molecule has 0 aliphatic carbocycles. The van der Waals surface area contributed by atoms with E-state index in [0.29, 0.717) is 12.8 Å². The summed E-state index contributed by atoms with van der Waals surface area (Å²) >= 11 is 0. The second-order valence-corrected chi connectivity index (χ2v) is 11.8. The van der Waals surface area contributed by atoms with Crippen molar-refractivity contribution in [2.24, 2.45) is 17.6 Å². The number of benzene rings is 2. The van der Waals surface area contributed by atoms with Crippen LogP contribution < -0.4 is 16.4 Å². The minimum Gasteiger partial charge on any atom is -0.469 e. The van der Waals surface area contributed by atoms with Crippen LogP contribution in [0.1, 0.15) is 64.5 Å². The number of para-hydroxylation sites is 1. The first-order valence-corrected chi connectivity index (χ1v) is 16.0. The number of carbonyl (C=O) groups is 5. The fraction of sp³-hybridized carbons (Fsp3) is 0.457. The summed E-state index contributed by atoms with van der Waals surface area (Å²) in [6.07, 6.45) is 2.60. The number of methoxy groups -OCH3 is 1. The third-order valence-corrected chi connectivity index (χ3v) is 8.50. The molecule has 0 bridgehead atoms. The summed E-state index contributed by atoms with van der Waals surface area (Å²) in [7, 11) is 1.23. The Labute approximate surface area is 275 Å². The van der Waals surface area contributed by atoms with Gasteiger partial charge in [0.05, 0.1) is 13.5 Å². The van der Waals surface area contributed by atoms with Gasteiger partial charge in [-0.2, -0.15) is 0 Å². The van der Waals surface area contributed by atoms with E-state index in [0.717, 1.165) is 27.1 Å². The van der Waals surface area contributed by atoms with Gasteiger partial charge in [0.15, 0.2) is 0 Å². The molecule has 12 nitrogen and oxygen atoms in total. The monoisotopic (exact) mass is 649 g/mol. The van der Waals surface area contributed by atoms with Gasteiger partial charge in [-0.25, -0.2) is 5.06 Å². The summed E-state index contributed by atoms with van der Waals surface area (Å²) in [6.45, 7) is 7.35. The molecule has 0 fully saturated rings. The van der Waals surface area contributed by atoms with Gasteiger partial charge in [-0.15, -0.1) is 0 Å². The van der Waals surface area contributed by atoms with E-state index in [4.69, 9.17) is 10.6 Å². The maximum absolute atomic E-state index is 14.5. The molecule has 1 aromatic heterocycles. The molecule has 5 N–H and O–H groups in total. The number of primary amides is 1. The second kappa shape index (κ2) is 17.8. The van der Waals surface area contributed by atoms with Crippen molar-refractivity contribution in [2.45, 2.75) is 84.5 Å². The molecule has 3 aromatic rings. The Hall–Kier alpha value is -4.71. The molecule has 1 heterocycles. The lowest BCUT2D eigenvalue weighted by Gasteiger charge is -2.35. The number of H-pyrrole nitrogens is 1. The number of carbonyl (C=O) groups excluding carboxylic acids is 5. The number of aromatic amines is 1. The van der Waals surface area contributed by atoms with E-state index in [-0.39, 0.29) is 37.7 Å². The van der Waals surface area contributed by atoms with Gasteiger partial charge in [-0.05, 0) is 29.0 Å². The summed E-state index contributed by atoms with van der Waals surface area (Å²) in [4.78, 5) is 74.9. The first-order chi connectivity index (χ1) is 22.5. The summed E-state index contributed by atoms with van der Waals surface area (Å²) in [6, 6.07) is 13.4. The van der Waals surface area contributed by atoms with E-state index in [1.807, 2.05) is 82.3 Å².